The van der Waals surface area contributed by atoms with Crippen LogP contribution in [0.1, 0.15) is 33.6 Å². The molecule has 0 aliphatic heterocycles. The molecule has 0 aromatic carbocycles. The Morgan fingerprint density at radius 1 is 1.20 bits per heavy atom. The summed E-state index contributed by atoms with van der Waals surface area (Å²) in [5.41, 5.74) is 1.37. The molecule has 1 heteroatoms. The fraction of sp³-hybridized carbons (Fsp3) is 0.556. The lowest BCUT2D eigenvalue weighted by atomic mass is 10.2. The minimum atomic E-state index is 0.924. The molecular weight excluding hydrogens is 144 g/mol. The molecular formula is C9H15Cl. The summed E-state index contributed by atoms with van der Waals surface area (Å²) < 4.78 is 0. The average Bonchev–Trinajstić information content (AvgIpc) is 1.99. The van der Waals surface area contributed by atoms with Crippen LogP contribution in [0.5, 0.6) is 0 Å². The summed E-state index contributed by atoms with van der Waals surface area (Å²) in [5.74, 6) is 0. The largest absolute Gasteiger partial charge is 0.0892 e. The van der Waals surface area contributed by atoms with Crippen LogP contribution in [0, 0.1) is 0 Å². The molecule has 0 bridgehead atoms. The molecule has 0 rings (SSSR count). The number of halogens is 1. The Morgan fingerprint density at radius 3 is 2.20 bits per heavy atom. The van der Waals surface area contributed by atoms with Gasteiger partial charge in [-0.2, -0.15) is 0 Å². The Bertz CT molecular complexity index is 125. The maximum Gasteiger partial charge on any atom is 0.0178 e. The Morgan fingerprint density at radius 2 is 1.80 bits per heavy atom. The summed E-state index contributed by atoms with van der Waals surface area (Å²) in [4.78, 5) is 0. The number of allylic oxidation sites excluding steroid dienone is 4. The molecule has 10 heavy (non-hydrogen) atoms. The van der Waals surface area contributed by atoms with Gasteiger partial charge in [-0.25, -0.2) is 0 Å². The Hall–Kier alpha value is -0.230. The maximum absolute atomic E-state index is 5.78. The SMILES string of the molecule is CC/C(C)=C\C=C(\Cl)CC. The summed E-state index contributed by atoms with van der Waals surface area (Å²) in [6.45, 7) is 6.30. The molecule has 0 atom stereocenters. The Kier molecular flexibility index (Phi) is 5.42. The highest BCUT2D eigenvalue weighted by Crippen LogP contribution is 2.07. The van der Waals surface area contributed by atoms with Gasteiger partial charge in [0, 0.05) is 5.03 Å². The van der Waals surface area contributed by atoms with Gasteiger partial charge in [0.2, 0.25) is 0 Å². The van der Waals surface area contributed by atoms with Crippen LogP contribution in [0.15, 0.2) is 22.8 Å². The van der Waals surface area contributed by atoms with Crippen LogP contribution in [0.2, 0.25) is 0 Å². The molecule has 0 aromatic rings. The molecule has 0 spiro atoms. The quantitative estimate of drug-likeness (QED) is 0.547. The third-order valence-corrected chi connectivity index (χ3v) is 1.84. The first-order valence-electron chi connectivity index (χ1n) is 3.72. The van der Waals surface area contributed by atoms with Crippen LogP contribution >= 0.6 is 11.6 Å². The molecule has 0 nitrogen and oxygen atoms in total. The second kappa shape index (κ2) is 5.55. The van der Waals surface area contributed by atoms with Crippen LogP contribution in [0.25, 0.3) is 0 Å². The van der Waals surface area contributed by atoms with E-state index in [9.17, 15) is 0 Å². The fourth-order valence-electron chi connectivity index (χ4n) is 0.468. The van der Waals surface area contributed by atoms with Crippen molar-refractivity contribution >= 4 is 11.6 Å². The molecule has 0 radical (unpaired) electrons. The summed E-state index contributed by atoms with van der Waals surface area (Å²) in [5, 5.41) is 0.924. The van der Waals surface area contributed by atoms with E-state index in [1.807, 2.05) is 13.0 Å². The smallest absolute Gasteiger partial charge is 0.0178 e. The van der Waals surface area contributed by atoms with Crippen molar-refractivity contribution in [2.24, 2.45) is 0 Å². The topological polar surface area (TPSA) is 0 Å². The van der Waals surface area contributed by atoms with Gasteiger partial charge in [0.25, 0.3) is 0 Å². The number of hydrogen-bond acceptors (Lipinski definition) is 0. The van der Waals surface area contributed by atoms with E-state index < -0.39 is 0 Å². The van der Waals surface area contributed by atoms with Crippen molar-refractivity contribution < 1.29 is 0 Å². The van der Waals surface area contributed by atoms with Gasteiger partial charge in [-0.1, -0.05) is 37.1 Å². The van der Waals surface area contributed by atoms with Crippen LogP contribution in [0.3, 0.4) is 0 Å². The lowest BCUT2D eigenvalue weighted by molar-refractivity contribution is 1.10. The van der Waals surface area contributed by atoms with Crippen molar-refractivity contribution in [3.63, 3.8) is 0 Å². The van der Waals surface area contributed by atoms with Crippen LogP contribution in [0.4, 0.5) is 0 Å². The van der Waals surface area contributed by atoms with Crippen LogP contribution in [-0.2, 0) is 0 Å². The summed E-state index contributed by atoms with van der Waals surface area (Å²) in [7, 11) is 0. The van der Waals surface area contributed by atoms with E-state index in [-0.39, 0.29) is 0 Å². The van der Waals surface area contributed by atoms with Crippen molar-refractivity contribution in [1.29, 1.82) is 0 Å². The van der Waals surface area contributed by atoms with Gasteiger partial charge < -0.3 is 0 Å². The molecule has 0 amide bonds. The molecule has 58 valence electrons. The minimum absolute atomic E-state index is 0.924. The zero-order valence-corrected chi connectivity index (χ0v) is 7.70. The Labute approximate surface area is 68.6 Å². The molecule has 0 aliphatic carbocycles. The first kappa shape index (κ1) is 9.77. The third-order valence-electron chi connectivity index (χ3n) is 1.44. The standard InChI is InChI=1S/C9H15Cl/c1-4-8(3)6-7-9(10)5-2/h6-7H,4-5H2,1-3H3/b8-6-,9-7+. The van der Waals surface area contributed by atoms with Gasteiger partial charge in [0.1, 0.15) is 0 Å². The molecule has 0 aromatic heterocycles. The van der Waals surface area contributed by atoms with E-state index in [0.29, 0.717) is 0 Å². The van der Waals surface area contributed by atoms with E-state index in [0.717, 1.165) is 17.9 Å². The van der Waals surface area contributed by atoms with E-state index in [1.165, 1.54) is 5.57 Å². The van der Waals surface area contributed by atoms with Crippen molar-refractivity contribution in [3.05, 3.63) is 22.8 Å². The van der Waals surface area contributed by atoms with Gasteiger partial charge in [-0.05, 0) is 25.8 Å². The third kappa shape index (κ3) is 4.63. The molecule has 0 saturated heterocycles. The molecule has 0 aliphatic rings. The van der Waals surface area contributed by atoms with Gasteiger partial charge in [0.15, 0.2) is 0 Å². The second-order valence-corrected chi connectivity index (χ2v) is 2.82. The van der Waals surface area contributed by atoms with Crippen molar-refractivity contribution in [2.75, 3.05) is 0 Å². The highest BCUT2D eigenvalue weighted by atomic mass is 35.5. The van der Waals surface area contributed by atoms with Gasteiger partial charge in [-0.3, -0.25) is 0 Å². The predicted molar refractivity (Wildman–Crippen MR) is 48.3 cm³/mol. The predicted octanol–water partition coefficient (Wildman–Crippen LogP) is 3.88. The normalized spacial score (nSPS) is 14.0. The maximum atomic E-state index is 5.78. The van der Waals surface area contributed by atoms with Gasteiger partial charge in [0.05, 0.1) is 0 Å². The highest BCUT2D eigenvalue weighted by Gasteiger charge is 1.83. The molecule has 0 heterocycles. The average molecular weight is 159 g/mol. The lowest BCUT2D eigenvalue weighted by Crippen LogP contribution is -1.69. The van der Waals surface area contributed by atoms with Crippen molar-refractivity contribution in [3.8, 4) is 0 Å². The van der Waals surface area contributed by atoms with E-state index in [4.69, 9.17) is 11.6 Å². The summed E-state index contributed by atoms with van der Waals surface area (Å²) >= 11 is 5.78. The zero-order valence-electron chi connectivity index (χ0n) is 6.95. The second-order valence-electron chi connectivity index (χ2n) is 2.33. The number of hydrogen-bond donors (Lipinski definition) is 0. The summed E-state index contributed by atoms with van der Waals surface area (Å²) in [6.07, 6.45) is 6.08. The van der Waals surface area contributed by atoms with E-state index in [1.54, 1.807) is 0 Å². The monoisotopic (exact) mass is 158 g/mol. The Balaban J connectivity index is 3.91. The van der Waals surface area contributed by atoms with Crippen LogP contribution < -0.4 is 0 Å². The highest BCUT2D eigenvalue weighted by molar-refractivity contribution is 6.29. The fourth-order valence-corrected chi connectivity index (χ4v) is 0.531. The first-order chi connectivity index (χ1) is 4.70. The lowest BCUT2D eigenvalue weighted by Gasteiger charge is -1.91. The minimum Gasteiger partial charge on any atom is -0.0892 e. The van der Waals surface area contributed by atoms with E-state index >= 15 is 0 Å². The molecule has 0 N–H and O–H groups in total. The molecule has 0 saturated carbocycles. The molecule has 0 unspecified atom stereocenters. The van der Waals surface area contributed by atoms with Gasteiger partial charge >= 0.3 is 0 Å². The van der Waals surface area contributed by atoms with E-state index in [2.05, 4.69) is 19.9 Å². The molecule has 0 fully saturated rings. The van der Waals surface area contributed by atoms with Crippen molar-refractivity contribution in [2.45, 2.75) is 33.6 Å². The first-order valence-corrected chi connectivity index (χ1v) is 4.10. The van der Waals surface area contributed by atoms with Crippen molar-refractivity contribution in [1.82, 2.24) is 0 Å². The zero-order chi connectivity index (χ0) is 7.98. The number of rotatable bonds is 3. The van der Waals surface area contributed by atoms with Crippen LogP contribution in [-0.4, -0.2) is 0 Å². The summed E-state index contributed by atoms with van der Waals surface area (Å²) in [6, 6.07) is 0. The van der Waals surface area contributed by atoms with Gasteiger partial charge in [-0.15, -0.1) is 0 Å².